The largest absolute Gasteiger partial charge is 0.462 e. The average Bonchev–Trinajstić information content (AvgIpc) is 2.38. The summed E-state index contributed by atoms with van der Waals surface area (Å²) < 4.78 is 31.3. The zero-order valence-electron chi connectivity index (χ0n) is 12.0. The summed E-state index contributed by atoms with van der Waals surface area (Å²) in [5.41, 5.74) is 0.337. The van der Waals surface area contributed by atoms with Crippen molar-refractivity contribution in [2.24, 2.45) is 0 Å². The Morgan fingerprint density at radius 3 is 2.35 bits per heavy atom. The predicted octanol–water partition coefficient (Wildman–Crippen LogP) is -0.714. The van der Waals surface area contributed by atoms with Crippen LogP contribution >= 0.6 is 0 Å². The molecular weight excluding hydrogens is 280 g/mol. The smallest absolute Gasteiger partial charge is 0.338 e. The lowest BCUT2D eigenvalue weighted by molar-refractivity contribution is -0.856. The number of carbonyl (C=O) groups excluding carboxylic acids is 1. The molecule has 0 heterocycles. The average molecular weight is 301 g/mol. The Bertz CT molecular complexity index is 538. The third-order valence-corrected chi connectivity index (χ3v) is 4.07. The third kappa shape index (κ3) is 4.92. The molecule has 7 heteroatoms. The third-order valence-electron chi connectivity index (χ3n) is 2.59. The first-order chi connectivity index (χ1) is 9.36. The molecule has 1 rings (SSSR count). The van der Waals surface area contributed by atoms with Crippen LogP contribution in [0.1, 0.15) is 17.3 Å². The number of ether oxygens (including phenoxy) is 1. The van der Waals surface area contributed by atoms with Gasteiger partial charge in [-0.05, 0) is 31.2 Å². The fraction of sp³-hybridized carbons (Fsp3) is 0.462. The highest BCUT2D eigenvalue weighted by molar-refractivity contribution is 7.89. The predicted molar refractivity (Wildman–Crippen MR) is 75.3 cm³/mol. The van der Waals surface area contributed by atoms with Gasteiger partial charge >= 0.3 is 5.97 Å². The van der Waals surface area contributed by atoms with E-state index in [9.17, 15) is 13.2 Å². The van der Waals surface area contributed by atoms with Crippen molar-refractivity contribution in [3.8, 4) is 0 Å². The minimum absolute atomic E-state index is 0.138. The molecule has 0 fully saturated rings. The molecule has 6 nitrogen and oxygen atoms in total. The molecule has 0 aliphatic carbocycles. The maximum absolute atomic E-state index is 12.0. The molecule has 0 saturated carbocycles. The molecule has 0 spiro atoms. The maximum atomic E-state index is 12.0. The van der Waals surface area contributed by atoms with E-state index in [1.807, 2.05) is 14.1 Å². The molecule has 20 heavy (non-hydrogen) atoms. The van der Waals surface area contributed by atoms with Gasteiger partial charge in [0.25, 0.3) is 0 Å². The van der Waals surface area contributed by atoms with Crippen molar-refractivity contribution in [3.05, 3.63) is 29.8 Å². The van der Waals surface area contributed by atoms with Crippen LogP contribution in [0.25, 0.3) is 0 Å². The molecule has 2 N–H and O–H groups in total. The number of rotatable bonds is 7. The van der Waals surface area contributed by atoms with Crippen molar-refractivity contribution >= 4 is 16.0 Å². The highest BCUT2D eigenvalue weighted by Crippen LogP contribution is 2.11. The molecule has 112 valence electrons. The number of hydrogen-bond acceptors (Lipinski definition) is 4. The molecule has 1 aromatic carbocycles. The Hall–Kier alpha value is -1.44. The van der Waals surface area contributed by atoms with E-state index >= 15 is 0 Å². The molecule has 0 unspecified atom stereocenters. The summed E-state index contributed by atoms with van der Waals surface area (Å²) in [7, 11) is 0.368. The quantitative estimate of drug-likeness (QED) is 0.652. The van der Waals surface area contributed by atoms with Crippen molar-refractivity contribution < 1.29 is 22.8 Å². The SMILES string of the molecule is CCOC(=O)c1ccc(S(=O)(=O)NCC[NH+](C)C)cc1. The molecule has 0 aliphatic rings. The van der Waals surface area contributed by atoms with Crippen molar-refractivity contribution in [1.82, 2.24) is 4.72 Å². The van der Waals surface area contributed by atoms with Gasteiger partial charge < -0.3 is 9.64 Å². The van der Waals surface area contributed by atoms with Gasteiger partial charge in [0, 0.05) is 0 Å². The van der Waals surface area contributed by atoms with E-state index in [2.05, 4.69) is 4.72 Å². The zero-order chi connectivity index (χ0) is 15.2. The van der Waals surface area contributed by atoms with Crippen LogP contribution in [0.2, 0.25) is 0 Å². The minimum atomic E-state index is -3.53. The van der Waals surface area contributed by atoms with Gasteiger partial charge in [-0.25, -0.2) is 17.9 Å². The van der Waals surface area contributed by atoms with E-state index in [1.165, 1.54) is 24.3 Å². The van der Waals surface area contributed by atoms with Crippen LogP contribution in [0.5, 0.6) is 0 Å². The first-order valence-electron chi connectivity index (χ1n) is 6.42. The molecule has 0 amide bonds. The number of nitrogens with one attached hydrogen (secondary N) is 2. The van der Waals surface area contributed by atoms with Gasteiger partial charge in [-0.2, -0.15) is 0 Å². The first-order valence-corrected chi connectivity index (χ1v) is 7.91. The van der Waals surface area contributed by atoms with Crippen LogP contribution in [0.3, 0.4) is 0 Å². The molecule has 0 aliphatic heterocycles. The van der Waals surface area contributed by atoms with E-state index in [4.69, 9.17) is 4.74 Å². The van der Waals surface area contributed by atoms with Crippen LogP contribution in [0, 0.1) is 0 Å². The van der Waals surface area contributed by atoms with Gasteiger partial charge in [0.2, 0.25) is 10.0 Å². The second kappa shape index (κ2) is 7.37. The minimum Gasteiger partial charge on any atom is -0.462 e. The summed E-state index contributed by atoms with van der Waals surface area (Å²) in [6.45, 7) is 3.06. The van der Waals surface area contributed by atoms with Gasteiger partial charge in [-0.15, -0.1) is 0 Å². The number of sulfonamides is 1. The molecular formula is C13H21N2O4S+. The zero-order valence-corrected chi connectivity index (χ0v) is 12.8. The van der Waals surface area contributed by atoms with Gasteiger partial charge in [0.1, 0.15) is 0 Å². The van der Waals surface area contributed by atoms with Crippen molar-refractivity contribution in [2.75, 3.05) is 33.8 Å². The van der Waals surface area contributed by atoms with Gasteiger partial charge in [0.15, 0.2) is 0 Å². The fourth-order valence-electron chi connectivity index (χ4n) is 1.50. The highest BCUT2D eigenvalue weighted by Gasteiger charge is 2.15. The summed E-state index contributed by atoms with van der Waals surface area (Å²) in [6.07, 6.45) is 0. The van der Waals surface area contributed by atoms with E-state index in [-0.39, 0.29) is 11.5 Å². The monoisotopic (exact) mass is 301 g/mol. The van der Waals surface area contributed by atoms with E-state index in [0.717, 1.165) is 4.90 Å². The van der Waals surface area contributed by atoms with Crippen LogP contribution in [0.4, 0.5) is 0 Å². The van der Waals surface area contributed by atoms with E-state index < -0.39 is 16.0 Å². The lowest BCUT2D eigenvalue weighted by Crippen LogP contribution is -3.06. The Morgan fingerprint density at radius 1 is 1.25 bits per heavy atom. The number of likely N-dealkylation sites (N-methyl/N-ethyl adjacent to an activating group) is 1. The molecule has 0 aromatic heterocycles. The topological polar surface area (TPSA) is 76.9 Å². The molecule has 0 bridgehead atoms. The van der Waals surface area contributed by atoms with Crippen molar-refractivity contribution in [3.63, 3.8) is 0 Å². The Kier molecular flexibility index (Phi) is 6.12. The van der Waals surface area contributed by atoms with Crippen molar-refractivity contribution in [2.45, 2.75) is 11.8 Å². The number of quaternary nitrogens is 1. The van der Waals surface area contributed by atoms with Gasteiger partial charge in [-0.1, -0.05) is 0 Å². The molecule has 0 atom stereocenters. The van der Waals surface area contributed by atoms with Gasteiger partial charge in [-0.3, -0.25) is 0 Å². The maximum Gasteiger partial charge on any atom is 0.338 e. The van der Waals surface area contributed by atoms with E-state index in [1.54, 1.807) is 6.92 Å². The molecule has 0 saturated heterocycles. The fourth-order valence-corrected chi connectivity index (χ4v) is 2.54. The summed E-state index contributed by atoms with van der Waals surface area (Å²) in [4.78, 5) is 12.8. The van der Waals surface area contributed by atoms with Crippen LogP contribution in [0.15, 0.2) is 29.2 Å². The summed E-state index contributed by atoms with van der Waals surface area (Å²) >= 11 is 0. The number of carbonyl (C=O) groups is 1. The Labute approximate surface area is 119 Å². The second-order valence-electron chi connectivity index (χ2n) is 4.60. The summed E-state index contributed by atoms with van der Waals surface area (Å²) in [6, 6.07) is 5.70. The lowest BCUT2D eigenvalue weighted by atomic mass is 10.2. The van der Waals surface area contributed by atoms with Gasteiger partial charge in [0.05, 0.1) is 44.3 Å². The normalized spacial score (nSPS) is 11.6. The van der Waals surface area contributed by atoms with Crippen LogP contribution in [-0.4, -0.2) is 48.2 Å². The molecule has 0 radical (unpaired) electrons. The second-order valence-corrected chi connectivity index (χ2v) is 6.37. The van der Waals surface area contributed by atoms with E-state index in [0.29, 0.717) is 18.7 Å². The van der Waals surface area contributed by atoms with Crippen LogP contribution < -0.4 is 9.62 Å². The number of benzene rings is 1. The number of esters is 1. The molecule has 1 aromatic rings. The Balaban J connectivity index is 2.74. The number of hydrogen-bond donors (Lipinski definition) is 2. The Morgan fingerprint density at radius 2 is 1.85 bits per heavy atom. The van der Waals surface area contributed by atoms with Crippen LogP contribution in [-0.2, 0) is 14.8 Å². The van der Waals surface area contributed by atoms with Crippen molar-refractivity contribution in [1.29, 1.82) is 0 Å². The highest BCUT2D eigenvalue weighted by atomic mass is 32.2. The summed E-state index contributed by atoms with van der Waals surface area (Å²) in [5.74, 6) is -0.458. The standard InChI is InChI=1S/C13H20N2O4S/c1-4-19-13(16)11-5-7-12(8-6-11)20(17,18)14-9-10-15(2)3/h5-8,14H,4,9-10H2,1-3H3/p+1. The first kappa shape index (κ1) is 16.6. The summed E-state index contributed by atoms with van der Waals surface area (Å²) in [5, 5.41) is 0. The lowest BCUT2D eigenvalue weighted by Gasteiger charge is -2.09.